The van der Waals surface area contributed by atoms with Crippen LogP contribution in [0.25, 0.3) is 0 Å². The second-order valence-electron chi connectivity index (χ2n) is 11.8. The third kappa shape index (κ3) is 11.0. The number of hydrogen-bond acceptors (Lipinski definition) is 8. The minimum Gasteiger partial charge on any atom is -0.465 e. The maximum absolute atomic E-state index is 13.0. The molecule has 0 aliphatic carbocycles. The van der Waals surface area contributed by atoms with Crippen LogP contribution < -0.4 is 0 Å². The highest BCUT2D eigenvalue weighted by molar-refractivity contribution is 6.31. The van der Waals surface area contributed by atoms with Crippen molar-refractivity contribution in [3.8, 4) is 0 Å². The van der Waals surface area contributed by atoms with Crippen LogP contribution in [-0.4, -0.2) is 49.3 Å². The summed E-state index contributed by atoms with van der Waals surface area (Å²) in [5.74, 6) is -2.91. The molecule has 0 radical (unpaired) electrons. The molecule has 2 aromatic rings. The van der Waals surface area contributed by atoms with Crippen LogP contribution in [0.4, 0.5) is 0 Å². The molecule has 0 N–H and O–H groups in total. The Labute approximate surface area is 251 Å². The van der Waals surface area contributed by atoms with Crippen molar-refractivity contribution in [1.29, 1.82) is 0 Å². The zero-order valence-electron chi connectivity index (χ0n) is 24.5. The smallest absolute Gasteiger partial charge is 0.338 e. The van der Waals surface area contributed by atoms with Gasteiger partial charge in [0.25, 0.3) is 0 Å². The lowest BCUT2D eigenvalue weighted by Crippen LogP contribution is -2.41. The van der Waals surface area contributed by atoms with Gasteiger partial charge in [0.05, 0.1) is 28.6 Å². The second-order valence-corrected chi connectivity index (χ2v) is 12.7. The standard InChI is InChI=1S/C31H38Cl2O8/c1-19(25(18-39-29(37)31(5,6)7)41-27(35)21-10-14-23(33)15-11-21)24(16-17-38-28(36)30(2,3)4)40-26(34)20-8-12-22(32)13-9-20/h8-15,19,24-25H,16-18H2,1-7H3/t19-,24-,25-/m0/s1. The number of carbonyl (C=O) groups excluding carboxylic acids is 4. The molecule has 0 aliphatic rings. The van der Waals surface area contributed by atoms with Crippen molar-refractivity contribution in [2.24, 2.45) is 16.7 Å². The first kappa shape index (κ1) is 34.1. The molecule has 0 fully saturated rings. The molecule has 3 atom stereocenters. The Morgan fingerprint density at radius 3 is 1.46 bits per heavy atom. The third-order valence-electron chi connectivity index (χ3n) is 6.09. The number of benzene rings is 2. The number of rotatable bonds is 11. The van der Waals surface area contributed by atoms with E-state index in [1.807, 2.05) is 0 Å². The highest BCUT2D eigenvalue weighted by atomic mass is 35.5. The Bertz CT molecular complexity index is 1190. The summed E-state index contributed by atoms with van der Waals surface area (Å²) in [6.07, 6.45) is -1.79. The highest BCUT2D eigenvalue weighted by Gasteiger charge is 2.35. The molecule has 0 saturated heterocycles. The Hall–Kier alpha value is -3.10. The molecule has 0 saturated carbocycles. The molecule has 0 amide bonds. The van der Waals surface area contributed by atoms with Gasteiger partial charge in [0.1, 0.15) is 18.8 Å². The fourth-order valence-corrected chi connectivity index (χ4v) is 3.66. The normalized spacial score (nSPS) is 13.9. The van der Waals surface area contributed by atoms with Crippen LogP contribution in [-0.2, 0) is 28.5 Å². The minimum atomic E-state index is -1.01. The predicted octanol–water partition coefficient (Wildman–Crippen LogP) is 6.95. The molecule has 224 valence electrons. The van der Waals surface area contributed by atoms with E-state index in [1.165, 1.54) is 24.3 Å². The Morgan fingerprint density at radius 1 is 0.659 bits per heavy atom. The van der Waals surface area contributed by atoms with Crippen LogP contribution in [0, 0.1) is 16.7 Å². The predicted molar refractivity (Wildman–Crippen MR) is 156 cm³/mol. The molecule has 2 aromatic carbocycles. The van der Waals surface area contributed by atoms with Gasteiger partial charge in [-0.15, -0.1) is 0 Å². The fourth-order valence-electron chi connectivity index (χ4n) is 3.40. The summed E-state index contributed by atoms with van der Waals surface area (Å²) in [5, 5.41) is 0.903. The molecule has 10 heteroatoms. The van der Waals surface area contributed by atoms with E-state index >= 15 is 0 Å². The summed E-state index contributed by atoms with van der Waals surface area (Å²) >= 11 is 11.9. The number of hydrogen-bond donors (Lipinski definition) is 0. The largest absolute Gasteiger partial charge is 0.465 e. The van der Waals surface area contributed by atoms with Gasteiger partial charge in [-0.25, -0.2) is 9.59 Å². The van der Waals surface area contributed by atoms with Gasteiger partial charge in [-0.3, -0.25) is 9.59 Å². The minimum absolute atomic E-state index is 0.0569. The quantitative estimate of drug-likeness (QED) is 0.199. The topological polar surface area (TPSA) is 105 Å². The van der Waals surface area contributed by atoms with Crippen molar-refractivity contribution < 1.29 is 38.1 Å². The lowest BCUT2D eigenvalue weighted by molar-refractivity contribution is -0.159. The first-order chi connectivity index (χ1) is 19.0. The summed E-state index contributed by atoms with van der Waals surface area (Å²) in [6, 6.07) is 12.3. The zero-order chi connectivity index (χ0) is 31.0. The summed E-state index contributed by atoms with van der Waals surface area (Å²) in [6.45, 7) is 11.7. The number of ether oxygens (including phenoxy) is 4. The molecule has 0 aromatic heterocycles. The number of esters is 4. The zero-order valence-corrected chi connectivity index (χ0v) is 26.0. The van der Waals surface area contributed by atoms with E-state index in [-0.39, 0.29) is 30.8 Å². The van der Waals surface area contributed by atoms with Crippen LogP contribution >= 0.6 is 23.2 Å². The first-order valence-electron chi connectivity index (χ1n) is 13.3. The number of halogens is 2. The first-order valence-corrected chi connectivity index (χ1v) is 14.0. The van der Waals surface area contributed by atoms with Gasteiger partial charge < -0.3 is 18.9 Å². The Kier molecular flexibility index (Phi) is 12.2. The van der Waals surface area contributed by atoms with Crippen LogP contribution in [0.1, 0.15) is 75.6 Å². The van der Waals surface area contributed by atoms with Crippen molar-refractivity contribution in [2.75, 3.05) is 13.2 Å². The van der Waals surface area contributed by atoms with Crippen LogP contribution in [0.5, 0.6) is 0 Å². The van der Waals surface area contributed by atoms with Gasteiger partial charge in [-0.1, -0.05) is 30.1 Å². The average molecular weight is 610 g/mol. The van der Waals surface area contributed by atoms with E-state index < -0.39 is 52.8 Å². The second kappa shape index (κ2) is 14.7. The summed E-state index contributed by atoms with van der Waals surface area (Å²) in [4.78, 5) is 51.0. The van der Waals surface area contributed by atoms with Crippen molar-refractivity contribution in [3.05, 3.63) is 69.7 Å². The SMILES string of the molecule is C[C@@H]([C@H](CCOC(=O)C(C)(C)C)OC(=O)c1ccc(Cl)cc1)[C@H](COC(=O)C(C)(C)C)OC(=O)c1ccc(Cl)cc1. The van der Waals surface area contributed by atoms with Crippen molar-refractivity contribution >= 4 is 47.1 Å². The molecular weight excluding hydrogens is 571 g/mol. The van der Waals surface area contributed by atoms with Crippen LogP contribution in [0.3, 0.4) is 0 Å². The molecule has 8 nitrogen and oxygen atoms in total. The molecule has 41 heavy (non-hydrogen) atoms. The van der Waals surface area contributed by atoms with Crippen molar-refractivity contribution in [3.63, 3.8) is 0 Å². The molecule has 0 unspecified atom stereocenters. The van der Waals surface area contributed by atoms with E-state index in [4.69, 9.17) is 42.1 Å². The van der Waals surface area contributed by atoms with Crippen molar-refractivity contribution in [2.45, 2.75) is 67.1 Å². The van der Waals surface area contributed by atoms with Crippen LogP contribution in [0.2, 0.25) is 10.0 Å². The third-order valence-corrected chi connectivity index (χ3v) is 6.59. The van der Waals surface area contributed by atoms with Gasteiger partial charge in [-0.05, 0) is 90.1 Å². The molecule has 0 aliphatic heterocycles. The van der Waals surface area contributed by atoms with E-state index in [1.54, 1.807) is 72.7 Å². The van der Waals surface area contributed by atoms with Gasteiger partial charge in [-0.2, -0.15) is 0 Å². The lowest BCUT2D eigenvalue weighted by Gasteiger charge is -2.31. The Balaban J connectivity index is 2.33. The maximum atomic E-state index is 13.0. The highest BCUT2D eigenvalue weighted by Crippen LogP contribution is 2.25. The monoisotopic (exact) mass is 608 g/mol. The van der Waals surface area contributed by atoms with E-state index in [0.29, 0.717) is 10.0 Å². The molecule has 0 heterocycles. The number of carbonyl (C=O) groups is 4. The fraction of sp³-hybridized carbons (Fsp3) is 0.484. The molecule has 0 spiro atoms. The lowest BCUT2D eigenvalue weighted by atomic mass is 9.94. The molecule has 0 bridgehead atoms. The van der Waals surface area contributed by atoms with Gasteiger partial charge >= 0.3 is 23.9 Å². The summed E-state index contributed by atoms with van der Waals surface area (Å²) in [7, 11) is 0. The van der Waals surface area contributed by atoms with Crippen LogP contribution in [0.15, 0.2) is 48.5 Å². The van der Waals surface area contributed by atoms with E-state index in [2.05, 4.69) is 0 Å². The van der Waals surface area contributed by atoms with Gasteiger partial charge in [0.2, 0.25) is 0 Å². The Morgan fingerprint density at radius 2 is 1.05 bits per heavy atom. The summed E-state index contributed by atoms with van der Waals surface area (Å²) < 4.78 is 22.6. The molecular formula is C31H38Cl2O8. The maximum Gasteiger partial charge on any atom is 0.338 e. The summed E-state index contributed by atoms with van der Waals surface area (Å²) in [5.41, 5.74) is -1.02. The molecule has 2 rings (SSSR count). The van der Waals surface area contributed by atoms with Crippen molar-refractivity contribution in [1.82, 2.24) is 0 Å². The average Bonchev–Trinajstić information content (AvgIpc) is 2.89. The van der Waals surface area contributed by atoms with Gasteiger partial charge in [0, 0.05) is 22.4 Å². The van der Waals surface area contributed by atoms with Gasteiger partial charge in [0.15, 0.2) is 0 Å². The van der Waals surface area contributed by atoms with E-state index in [0.717, 1.165) is 0 Å². The van der Waals surface area contributed by atoms with E-state index in [9.17, 15) is 19.2 Å².